The highest BCUT2D eigenvalue weighted by molar-refractivity contribution is 6.33. The summed E-state index contributed by atoms with van der Waals surface area (Å²) in [6, 6.07) is 4.77. The van der Waals surface area contributed by atoms with E-state index in [-0.39, 0.29) is 40.5 Å². The number of alkyl halides is 3. The summed E-state index contributed by atoms with van der Waals surface area (Å²) in [6.45, 7) is 4.64. The van der Waals surface area contributed by atoms with Gasteiger partial charge in [-0.15, -0.1) is 0 Å². The third-order valence-corrected chi connectivity index (χ3v) is 6.40. The minimum Gasteiger partial charge on any atom is -0.496 e. The second-order valence-corrected chi connectivity index (χ2v) is 9.02. The van der Waals surface area contributed by atoms with E-state index in [1.807, 2.05) is 0 Å². The molecule has 34 heavy (non-hydrogen) atoms. The lowest BCUT2D eigenvalue weighted by molar-refractivity contribution is -0.188. The van der Waals surface area contributed by atoms with Crippen molar-refractivity contribution in [3.05, 3.63) is 51.7 Å². The van der Waals surface area contributed by atoms with Gasteiger partial charge in [-0.3, -0.25) is 9.59 Å². The summed E-state index contributed by atoms with van der Waals surface area (Å²) in [5, 5.41) is 3.01. The number of ether oxygens (including phenoxy) is 2. The molecular formula is C24H28Cl2F3NO4. The standard InChI is InChI=1S/C24H28Cl2F3NO4/c1-5-34-23(32)13(2)10-15-6-8-17(25)19(11-15)30-22(31)21(14(3)24(27,28)29)16-7-9-18(26)20(12-16)33-4/h6,8-9,11-14,16,21H,5,7,10H2,1-4H3,(H,30,31)/t13-,14+,16?,21-/m0/s1. The molecule has 1 aromatic rings. The highest BCUT2D eigenvalue weighted by Crippen LogP contribution is 2.41. The van der Waals surface area contributed by atoms with Gasteiger partial charge in [0.25, 0.3) is 0 Å². The summed E-state index contributed by atoms with van der Waals surface area (Å²) in [7, 11) is 1.36. The Morgan fingerprint density at radius 3 is 2.50 bits per heavy atom. The molecule has 4 atom stereocenters. The van der Waals surface area contributed by atoms with Crippen LogP contribution in [0.15, 0.2) is 41.1 Å². The second-order valence-electron chi connectivity index (χ2n) is 8.20. The van der Waals surface area contributed by atoms with Gasteiger partial charge in [-0.1, -0.05) is 49.2 Å². The Morgan fingerprint density at radius 1 is 1.24 bits per heavy atom. The summed E-state index contributed by atoms with van der Waals surface area (Å²) in [4.78, 5) is 25.1. The van der Waals surface area contributed by atoms with Crippen molar-refractivity contribution in [2.45, 2.75) is 39.8 Å². The van der Waals surface area contributed by atoms with Crippen LogP contribution in [0.1, 0.15) is 32.8 Å². The molecule has 0 spiro atoms. The molecular weight excluding hydrogens is 494 g/mol. The minimum absolute atomic E-state index is 0.148. The van der Waals surface area contributed by atoms with Crippen molar-refractivity contribution < 1.29 is 32.2 Å². The van der Waals surface area contributed by atoms with Crippen LogP contribution in [0.5, 0.6) is 0 Å². The van der Waals surface area contributed by atoms with E-state index in [2.05, 4.69) is 5.32 Å². The Balaban J connectivity index is 2.31. The molecule has 1 N–H and O–H groups in total. The number of methoxy groups -OCH3 is 1. The highest BCUT2D eigenvalue weighted by Gasteiger charge is 2.47. The van der Waals surface area contributed by atoms with Gasteiger partial charge < -0.3 is 14.8 Å². The summed E-state index contributed by atoms with van der Waals surface area (Å²) < 4.78 is 51.2. The zero-order valence-corrected chi connectivity index (χ0v) is 20.9. The highest BCUT2D eigenvalue weighted by atomic mass is 35.5. The molecule has 0 aliphatic heterocycles. The van der Waals surface area contributed by atoms with Gasteiger partial charge in [-0.2, -0.15) is 13.2 Å². The lowest BCUT2D eigenvalue weighted by atomic mass is 9.77. The number of carbonyl (C=O) groups excluding carboxylic acids is 2. The number of benzene rings is 1. The number of rotatable bonds is 9. The number of allylic oxidation sites excluding steroid dienone is 3. The van der Waals surface area contributed by atoms with E-state index in [9.17, 15) is 22.8 Å². The average Bonchev–Trinajstić information content (AvgIpc) is 2.76. The first kappa shape index (κ1) is 28.1. The van der Waals surface area contributed by atoms with Crippen LogP contribution in [0, 0.1) is 23.7 Å². The molecule has 1 unspecified atom stereocenters. The fraction of sp³-hybridized carbons (Fsp3) is 0.500. The van der Waals surface area contributed by atoms with Crippen LogP contribution >= 0.6 is 23.2 Å². The molecule has 5 nitrogen and oxygen atoms in total. The largest absolute Gasteiger partial charge is 0.496 e. The van der Waals surface area contributed by atoms with Crippen molar-refractivity contribution in [1.82, 2.24) is 0 Å². The number of nitrogens with one attached hydrogen (secondary N) is 1. The topological polar surface area (TPSA) is 64.6 Å². The van der Waals surface area contributed by atoms with E-state index in [0.29, 0.717) is 12.0 Å². The molecule has 0 radical (unpaired) electrons. The molecule has 1 aliphatic rings. The fourth-order valence-electron chi connectivity index (χ4n) is 3.83. The van der Waals surface area contributed by atoms with Gasteiger partial charge in [-0.25, -0.2) is 0 Å². The number of hydrogen-bond acceptors (Lipinski definition) is 4. The predicted octanol–water partition coefficient (Wildman–Crippen LogP) is 6.51. The van der Waals surface area contributed by atoms with Crippen molar-refractivity contribution >= 4 is 40.8 Å². The normalized spacial score (nSPS) is 18.8. The molecule has 2 rings (SSSR count). The van der Waals surface area contributed by atoms with Gasteiger partial charge in [-0.05, 0) is 49.5 Å². The summed E-state index contributed by atoms with van der Waals surface area (Å²) in [5.41, 5.74) is 0.842. The Kier molecular flexibility index (Phi) is 9.88. The van der Waals surface area contributed by atoms with Crippen molar-refractivity contribution in [3.8, 4) is 0 Å². The van der Waals surface area contributed by atoms with E-state index in [4.69, 9.17) is 32.7 Å². The maximum Gasteiger partial charge on any atom is 0.392 e. The van der Waals surface area contributed by atoms with Gasteiger partial charge in [0.2, 0.25) is 5.91 Å². The van der Waals surface area contributed by atoms with Crippen LogP contribution in [-0.2, 0) is 25.5 Å². The molecule has 1 aromatic carbocycles. The van der Waals surface area contributed by atoms with Gasteiger partial charge in [0, 0.05) is 0 Å². The van der Waals surface area contributed by atoms with Crippen LogP contribution in [-0.4, -0.2) is 31.8 Å². The monoisotopic (exact) mass is 521 g/mol. The quantitative estimate of drug-likeness (QED) is 0.376. The number of anilines is 1. The van der Waals surface area contributed by atoms with E-state index >= 15 is 0 Å². The third kappa shape index (κ3) is 7.15. The van der Waals surface area contributed by atoms with Gasteiger partial charge in [0.1, 0.15) is 5.76 Å². The third-order valence-electron chi connectivity index (χ3n) is 5.73. The summed E-state index contributed by atoms with van der Waals surface area (Å²) >= 11 is 12.3. The number of carbonyl (C=O) groups is 2. The van der Waals surface area contributed by atoms with E-state index in [1.165, 1.54) is 19.3 Å². The van der Waals surface area contributed by atoms with E-state index < -0.39 is 35.8 Å². The van der Waals surface area contributed by atoms with E-state index in [0.717, 1.165) is 6.92 Å². The van der Waals surface area contributed by atoms with Gasteiger partial charge in [0.15, 0.2) is 0 Å². The Morgan fingerprint density at radius 2 is 1.91 bits per heavy atom. The molecule has 0 heterocycles. The Bertz CT molecular complexity index is 962. The molecule has 1 amide bonds. The van der Waals surface area contributed by atoms with Gasteiger partial charge >= 0.3 is 12.1 Å². The zero-order valence-electron chi connectivity index (χ0n) is 19.3. The first-order valence-corrected chi connectivity index (χ1v) is 11.6. The molecule has 0 saturated heterocycles. The smallest absolute Gasteiger partial charge is 0.392 e. The molecule has 1 aliphatic carbocycles. The number of halogens is 5. The maximum atomic E-state index is 13.7. The van der Waals surface area contributed by atoms with E-state index in [1.54, 1.807) is 32.1 Å². The number of amides is 1. The summed E-state index contributed by atoms with van der Waals surface area (Å²) in [5.74, 6) is -5.61. The molecule has 0 aromatic heterocycles. The number of hydrogen-bond donors (Lipinski definition) is 1. The fourth-order valence-corrected chi connectivity index (χ4v) is 4.22. The number of esters is 1. The SMILES string of the molecule is CCOC(=O)[C@@H](C)Cc1ccc(Cl)c(NC(=O)[C@H](C2C=C(OC)C(Cl)=CC2)[C@@H](C)C(F)(F)F)c1. The first-order valence-electron chi connectivity index (χ1n) is 10.8. The molecule has 188 valence electrons. The van der Waals surface area contributed by atoms with Crippen molar-refractivity contribution in [3.63, 3.8) is 0 Å². The molecule has 0 bridgehead atoms. The van der Waals surface area contributed by atoms with Crippen molar-refractivity contribution in [2.24, 2.45) is 23.7 Å². The molecule has 0 saturated carbocycles. The minimum atomic E-state index is -4.60. The Labute approximate surface area is 207 Å². The van der Waals surface area contributed by atoms with Crippen LogP contribution in [0.2, 0.25) is 5.02 Å². The second kappa shape index (κ2) is 12.0. The van der Waals surface area contributed by atoms with Crippen molar-refractivity contribution in [2.75, 3.05) is 19.0 Å². The summed E-state index contributed by atoms with van der Waals surface area (Å²) in [6.07, 6.45) is -1.15. The van der Waals surface area contributed by atoms with Crippen LogP contribution < -0.4 is 5.32 Å². The van der Waals surface area contributed by atoms with Crippen LogP contribution in [0.4, 0.5) is 18.9 Å². The Hall–Kier alpha value is -2.19. The predicted molar refractivity (Wildman–Crippen MR) is 125 cm³/mol. The lowest BCUT2D eigenvalue weighted by Gasteiger charge is -2.32. The average molecular weight is 522 g/mol. The van der Waals surface area contributed by atoms with Crippen LogP contribution in [0.25, 0.3) is 0 Å². The maximum absolute atomic E-state index is 13.7. The molecule has 0 fully saturated rings. The first-order chi connectivity index (χ1) is 15.9. The zero-order chi connectivity index (χ0) is 25.6. The van der Waals surface area contributed by atoms with Crippen LogP contribution in [0.3, 0.4) is 0 Å². The van der Waals surface area contributed by atoms with Gasteiger partial charge in [0.05, 0.1) is 47.2 Å². The molecule has 10 heteroatoms. The van der Waals surface area contributed by atoms with Crippen molar-refractivity contribution in [1.29, 1.82) is 0 Å². The lowest BCUT2D eigenvalue weighted by Crippen LogP contribution is -2.40.